The molecule has 0 radical (unpaired) electrons. The second kappa shape index (κ2) is 10.4. The van der Waals surface area contributed by atoms with E-state index in [0.717, 1.165) is 28.0 Å². The van der Waals surface area contributed by atoms with Crippen molar-refractivity contribution in [2.24, 2.45) is 0 Å². The smallest absolute Gasteiger partial charge is 0.243 e. The highest BCUT2D eigenvalue weighted by atomic mass is 32.2. The number of amides is 1. The van der Waals surface area contributed by atoms with Crippen molar-refractivity contribution in [2.75, 3.05) is 18.4 Å². The number of pyridine rings is 1. The summed E-state index contributed by atoms with van der Waals surface area (Å²) in [5.41, 5.74) is 4.36. The van der Waals surface area contributed by atoms with E-state index >= 15 is 0 Å². The van der Waals surface area contributed by atoms with Gasteiger partial charge in [0.2, 0.25) is 15.9 Å². The fraction of sp³-hybridized carbons (Fsp3) is 0.259. The van der Waals surface area contributed by atoms with E-state index in [1.165, 1.54) is 4.31 Å². The molecule has 0 saturated carbocycles. The minimum atomic E-state index is -3.49. The van der Waals surface area contributed by atoms with E-state index in [9.17, 15) is 13.2 Å². The molecular weight excluding hydrogens is 460 g/mol. The number of anilines is 1. The minimum Gasteiger partial charge on any atom is -0.310 e. The lowest BCUT2D eigenvalue weighted by Crippen LogP contribution is -2.30. The highest BCUT2D eigenvalue weighted by molar-refractivity contribution is 7.89. The first kappa shape index (κ1) is 24.6. The molecule has 7 nitrogen and oxygen atoms in total. The zero-order valence-corrected chi connectivity index (χ0v) is 21.0. The number of fused-ring (bicyclic) bond motifs is 1. The van der Waals surface area contributed by atoms with Gasteiger partial charge in [-0.3, -0.25) is 9.20 Å². The first-order chi connectivity index (χ1) is 16.8. The Morgan fingerprint density at radius 2 is 1.66 bits per heavy atom. The van der Waals surface area contributed by atoms with Gasteiger partial charge in [0.25, 0.3) is 0 Å². The normalized spacial score (nSPS) is 11.8. The van der Waals surface area contributed by atoms with Crippen LogP contribution in [0.25, 0.3) is 16.9 Å². The van der Waals surface area contributed by atoms with Crippen LogP contribution in [0, 0.1) is 6.92 Å². The summed E-state index contributed by atoms with van der Waals surface area (Å²) in [6.07, 6.45) is 2.65. The third-order valence-corrected chi connectivity index (χ3v) is 8.12. The van der Waals surface area contributed by atoms with Gasteiger partial charge < -0.3 is 5.32 Å². The van der Waals surface area contributed by atoms with Crippen molar-refractivity contribution in [1.82, 2.24) is 13.7 Å². The first-order valence-electron chi connectivity index (χ1n) is 11.8. The SMILES string of the molecule is CCN(CC)S(=O)(=O)c1ccc(CCC(=O)Nc2c(-c3ccccc3)nc3c(C)cccn23)cc1. The molecule has 0 spiro atoms. The van der Waals surface area contributed by atoms with Gasteiger partial charge in [-0.2, -0.15) is 4.31 Å². The summed E-state index contributed by atoms with van der Waals surface area (Å²) in [4.78, 5) is 18.0. The van der Waals surface area contributed by atoms with Gasteiger partial charge in [-0.05, 0) is 42.7 Å². The Morgan fingerprint density at radius 3 is 2.31 bits per heavy atom. The second-order valence-electron chi connectivity index (χ2n) is 8.34. The van der Waals surface area contributed by atoms with Crippen molar-refractivity contribution in [3.05, 3.63) is 84.1 Å². The molecule has 2 heterocycles. The molecule has 8 heteroatoms. The third kappa shape index (κ3) is 5.13. The van der Waals surface area contributed by atoms with E-state index in [2.05, 4.69) is 5.32 Å². The molecule has 0 atom stereocenters. The van der Waals surface area contributed by atoms with Crippen molar-refractivity contribution in [3.8, 4) is 11.3 Å². The summed E-state index contributed by atoms with van der Waals surface area (Å²) in [5.74, 6) is 0.505. The van der Waals surface area contributed by atoms with Gasteiger partial charge in [0.1, 0.15) is 17.2 Å². The lowest BCUT2D eigenvalue weighted by molar-refractivity contribution is -0.116. The van der Waals surface area contributed by atoms with E-state index in [0.29, 0.717) is 25.3 Å². The summed E-state index contributed by atoms with van der Waals surface area (Å²) < 4.78 is 28.7. The van der Waals surface area contributed by atoms with Crippen LogP contribution in [0.15, 0.2) is 77.8 Å². The van der Waals surface area contributed by atoms with Crippen molar-refractivity contribution in [1.29, 1.82) is 0 Å². The third-order valence-electron chi connectivity index (χ3n) is 6.06. The Bertz CT molecular complexity index is 1420. The summed E-state index contributed by atoms with van der Waals surface area (Å²) in [6, 6.07) is 20.5. The van der Waals surface area contributed by atoms with Crippen LogP contribution in [0.1, 0.15) is 31.4 Å². The Balaban J connectivity index is 1.51. The minimum absolute atomic E-state index is 0.134. The molecule has 1 N–H and O–H groups in total. The number of carbonyl (C=O) groups excluding carboxylic acids is 1. The van der Waals surface area contributed by atoms with Crippen molar-refractivity contribution >= 4 is 27.4 Å². The molecule has 0 saturated heterocycles. The topological polar surface area (TPSA) is 83.8 Å². The average Bonchev–Trinajstić information content (AvgIpc) is 3.23. The molecule has 2 aromatic carbocycles. The van der Waals surface area contributed by atoms with E-state index < -0.39 is 10.0 Å². The second-order valence-corrected chi connectivity index (χ2v) is 10.3. The summed E-state index contributed by atoms with van der Waals surface area (Å²) in [5, 5.41) is 3.05. The number of aryl methyl sites for hydroxylation is 2. The molecule has 0 aliphatic rings. The van der Waals surface area contributed by atoms with Crippen molar-refractivity contribution < 1.29 is 13.2 Å². The van der Waals surface area contributed by atoms with Crippen LogP contribution < -0.4 is 5.32 Å². The number of benzene rings is 2. The lowest BCUT2D eigenvalue weighted by Gasteiger charge is -2.18. The number of imidazole rings is 1. The van der Waals surface area contributed by atoms with Crippen LogP contribution in [0.5, 0.6) is 0 Å². The van der Waals surface area contributed by atoms with Gasteiger partial charge in [0.15, 0.2) is 0 Å². The predicted molar refractivity (Wildman–Crippen MR) is 139 cm³/mol. The molecule has 2 aromatic heterocycles. The molecule has 4 rings (SSSR count). The standard InChI is InChI=1S/C27H30N4O3S/c1-4-30(5-2)35(33,34)23-16-13-21(14-17-23)15-18-24(32)28-27-25(22-11-7-6-8-12-22)29-26-20(3)10-9-19-31(26)27/h6-14,16-17,19H,4-5,15,18H2,1-3H3,(H,28,32). The van der Waals surface area contributed by atoms with Crippen LogP contribution in [-0.4, -0.2) is 41.1 Å². The quantitative estimate of drug-likeness (QED) is 0.361. The number of nitrogens with one attached hydrogen (secondary N) is 1. The molecule has 4 aromatic rings. The maximum atomic E-state index is 12.9. The zero-order chi connectivity index (χ0) is 25.0. The molecule has 0 fully saturated rings. The maximum Gasteiger partial charge on any atom is 0.243 e. The molecule has 0 aliphatic heterocycles. The van der Waals surface area contributed by atoms with Crippen molar-refractivity contribution in [3.63, 3.8) is 0 Å². The van der Waals surface area contributed by atoms with Gasteiger partial charge in [-0.25, -0.2) is 13.4 Å². The molecule has 0 bridgehead atoms. The molecule has 182 valence electrons. The predicted octanol–water partition coefficient (Wildman–Crippen LogP) is 4.91. The van der Waals surface area contributed by atoms with Gasteiger partial charge in [0.05, 0.1) is 4.90 Å². The van der Waals surface area contributed by atoms with Crippen molar-refractivity contribution in [2.45, 2.75) is 38.5 Å². The van der Waals surface area contributed by atoms with Gasteiger partial charge in [-0.1, -0.05) is 62.4 Å². The highest BCUT2D eigenvalue weighted by Crippen LogP contribution is 2.30. The number of hydrogen-bond acceptors (Lipinski definition) is 4. The first-order valence-corrected chi connectivity index (χ1v) is 13.2. The van der Waals surface area contributed by atoms with E-state index in [4.69, 9.17) is 4.98 Å². The molecular formula is C27H30N4O3S. The van der Waals surface area contributed by atoms with Gasteiger partial charge in [-0.15, -0.1) is 0 Å². The fourth-order valence-corrected chi connectivity index (χ4v) is 5.57. The maximum absolute atomic E-state index is 12.9. The van der Waals surface area contributed by atoms with Crippen LogP contribution in [0.2, 0.25) is 0 Å². The highest BCUT2D eigenvalue weighted by Gasteiger charge is 2.21. The summed E-state index contributed by atoms with van der Waals surface area (Å²) >= 11 is 0. The Kier molecular flexibility index (Phi) is 7.33. The summed E-state index contributed by atoms with van der Waals surface area (Å²) in [7, 11) is -3.49. The Morgan fingerprint density at radius 1 is 0.971 bits per heavy atom. The monoisotopic (exact) mass is 490 g/mol. The molecule has 0 aliphatic carbocycles. The largest absolute Gasteiger partial charge is 0.310 e. The number of carbonyl (C=O) groups is 1. The van der Waals surface area contributed by atoms with Crippen LogP contribution >= 0.6 is 0 Å². The van der Waals surface area contributed by atoms with E-state index in [-0.39, 0.29) is 17.2 Å². The number of rotatable bonds is 9. The van der Waals surface area contributed by atoms with E-state index in [1.807, 2.05) is 73.8 Å². The number of hydrogen-bond donors (Lipinski definition) is 1. The summed E-state index contributed by atoms with van der Waals surface area (Å²) in [6.45, 7) is 6.49. The molecule has 0 unspecified atom stereocenters. The van der Waals surface area contributed by atoms with Crippen LogP contribution in [-0.2, 0) is 21.2 Å². The number of nitrogens with zero attached hydrogens (tertiary/aromatic N) is 3. The number of sulfonamides is 1. The van der Waals surface area contributed by atoms with Gasteiger partial charge in [0, 0.05) is 31.3 Å². The van der Waals surface area contributed by atoms with E-state index in [1.54, 1.807) is 24.3 Å². The fourth-order valence-electron chi connectivity index (χ4n) is 4.11. The van der Waals surface area contributed by atoms with Crippen LogP contribution in [0.4, 0.5) is 5.82 Å². The molecule has 35 heavy (non-hydrogen) atoms. The zero-order valence-electron chi connectivity index (χ0n) is 20.2. The average molecular weight is 491 g/mol. The van der Waals surface area contributed by atoms with Gasteiger partial charge >= 0.3 is 0 Å². The van der Waals surface area contributed by atoms with Crippen LogP contribution in [0.3, 0.4) is 0 Å². The lowest BCUT2D eigenvalue weighted by atomic mass is 10.1. The number of aromatic nitrogens is 2. The Labute approximate surface area is 206 Å². The molecule has 1 amide bonds. The Hall–Kier alpha value is -3.49.